The minimum absolute atomic E-state index is 1.43. The molecule has 0 amide bonds. The zero-order chi connectivity index (χ0) is 4.28. The molecule has 4 heteroatoms. The van der Waals surface area contributed by atoms with Crippen LogP contribution in [0.15, 0.2) is 0 Å². The van der Waals surface area contributed by atoms with E-state index in [-0.39, 0.29) is 0 Å². The van der Waals surface area contributed by atoms with Crippen molar-refractivity contribution >= 4 is 15.5 Å². The van der Waals surface area contributed by atoms with Crippen LogP contribution in [-0.4, -0.2) is 14.7 Å². The fraction of sp³-hybridized carbons (Fsp3) is 1.00. The van der Waals surface area contributed by atoms with Gasteiger partial charge in [-0.2, -0.15) is 0 Å². The molecule has 0 aliphatic rings. The topological polar surface area (TPSA) is 26.3 Å². The molecule has 0 saturated carbocycles. The van der Waals surface area contributed by atoms with Crippen molar-refractivity contribution in [1.29, 1.82) is 0 Å². The molecule has 0 aromatic rings. The predicted molar refractivity (Wildman–Crippen MR) is 24.6 cm³/mol. The maximum Gasteiger partial charge on any atom is 0.212 e. The molecule has 0 rings (SSSR count). The second-order valence-corrected chi connectivity index (χ2v) is 2.09. The van der Waals surface area contributed by atoms with Gasteiger partial charge in [0.05, 0.1) is 0 Å². The van der Waals surface area contributed by atoms with Crippen LogP contribution < -0.4 is 0 Å². The second-order valence-electron chi connectivity index (χ2n) is 0.696. The molecule has 0 aliphatic carbocycles. The van der Waals surface area contributed by atoms with Gasteiger partial charge in [0.15, 0.2) is 0 Å². The van der Waals surface area contributed by atoms with E-state index in [1.165, 1.54) is 7.11 Å². The lowest BCUT2D eigenvalue weighted by Crippen LogP contribution is -1.58. The van der Waals surface area contributed by atoms with E-state index in [4.69, 9.17) is 0 Å². The quantitative estimate of drug-likeness (QED) is 0.326. The molecule has 0 aromatic heterocycles. The van der Waals surface area contributed by atoms with E-state index >= 15 is 0 Å². The Hall–Kier alpha value is 0.255. The van der Waals surface area contributed by atoms with Crippen LogP contribution in [0.3, 0.4) is 0 Å². The van der Waals surface area contributed by atoms with E-state index in [2.05, 4.69) is 4.52 Å². The van der Waals surface area contributed by atoms with Crippen molar-refractivity contribution in [1.82, 2.24) is 0 Å². The van der Waals surface area contributed by atoms with Gasteiger partial charge in [-0.1, -0.05) is 0 Å². The van der Waals surface area contributed by atoms with Crippen molar-refractivity contribution in [2.45, 2.75) is 0 Å². The highest BCUT2D eigenvalue weighted by Crippen LogP contribution is 2.08. The van der Waals surface area contributed by atoms with Gasteiger partial charge < -0.3 is 9.09 Å². The van der Waals surface area contributed by atoms with Crippen LogP contribution >= 0.6 is 7.91 Å². The third-order valence-electron chi connectivity index (χ3n) is 0.287. The van der Waals surface area contributed by atoms with Crippen LogP contribution in [0, 0.1) is 0 Å². The molecule has 0 heterocycles. The molecule has 0 aliphatic heterocycles. The van der Waals surface area contributed by atoms with Crippen LogP contribution in [-0.2, 0) is 9.09 Å². The molecule has 0 spiro atoms. The van der Waals surface area contributed by atoms with Crippen LogP contribution in [0.25, 0.3) is 0 Å². The summed E-state index contributed by atoms with van der Waals surface area (Å²) in [6.07, 6.45) is 0. The Labute approximate surface area is 32.8 Å². The van der Waals surface area contributed by atoms with Crippen molar-refractivity contribution in [3.8, 4) is 0 Å². The van der Waals surface area contributed by atoms with Crippen LogP contribution in [0.4, 0.5) is 0 Å². The molecule has 30 valence electrons. The molecule has 1 atom stereocenters. The Balaban J connectivity index is 2.85. The first kappa shape index (κ1) is 5.25. The first-order valence-corrected chi connectivity index (χ1v) is 3.13. The van der Waals surface area contributed by atoms with Crippen LogP contribution in [0.5, 0.6) is 0 Å². The normalized spacial score (nSPS) is 14.6. The Morgan fingerprint density at radius 1 is 2.00 bits per heavy atom. The Kier molecular flexibility index (Phi) is 2.62. The standard InChI is InChI=1S/CH6BO2P/c1-4-5(2)3/h5H,2H2,1H3. The average Bonchev–Trinajstić information content (AvgIpc) is 1.38. The summed E-state index contributed by atoms with van der Waals surface area (Å²) >= 11 is 0. The summed E-state index contributed by atoms with van der Waals surface area (Å²) in [6.45, 7) is 0. The van der Waals surface area contributed by atoms with Crippen molar-refractivity contribution in [2.24, 2.45) is 0 Å². The Morgan fingerprint density at radius 3 is 2.20 bits per heavy atom. The van der Waals surface area contributed by atoms with Gasteiger partial charge in [-0.3, -0.25) is 0 Å². The van der Waals surface area contributed by atoms with E-state index < -0.39 is 7.91 Å². The second kappa shape index (κ2) is 2.49. The third kappa shape index (κ3) is 4.25. The minimum Gasteiger partial charge on any atom is -0.341 e. The molecular weight excluding hydrogens is 85.8 g/mol. The average molecular weight is 91.8 g/mol. The van der Waals surface area contributed by atoms with Crippen molar-refractivity contribution in [3.05, 3.63) is 0 Å². The van der Waals surface area contributed by atoms with Crippen molar-refractivity contribution in [2.75, 3.05) is 7.11 Å². The van der Waals surface area contributed by atoms with Gasteiger partial charge in [0, 0.05) is 7.11 Å². The fourth-order valence-electron chi connectivity index (χ4n) is 0. The van der Waals surface area contributed by atoms with E-state index in [9.17, 15) is 4.57 Å². The van der Waals surface area contributed by atoms with Gasteiger partial charge in [0.25, 0.3) is 0 Å². The lowest BCUT2D eigenvalue weighted by Gasteiger charge is -1.79. The number of hydrogen-bond acceptors (Lipinski definition) is 2. The Morgan fingerprint density at radius 2 is 2.20 bits per heavy atom. The molecule has 0 aromatic carbocycles. The highest BCUT2D eigenvalue weighted by atomic mass is 31.1. The molecule has 5 heavy (non-hydrogen) atoms. The Bertz CT molecular complexity index is 44.9. The molecule has 0 radical (unpaired) electrons. The minimum atomic E-state index is -1.62. The van der Waals surface area contributed by atoms with Crippen LogP contribution in [0.2, 0.25) is 0 Å². The van der Waals surface area contributed by atoms with E-state index in [0.29, 0.717) is 0 Å². The molecule has 1 unspecified atom stereocenters. The molecule has 0 fully saturated rings. The van der Waals surface area contributed by atoms with Gasteiger partial charge in [0.2, 0.25) is 7.57 Å². The first-order valence-electron chi connectivity index (χ1n) is 1.32. The molecule has 0 saturated heterocycles. The largest absolute Gasteiger partial charge is 0.341 e. The molecule has 2 nitrogen and oxygen atoms in total. The summed E-state index contributed by atoms with van der Waals surface area (Å²) in [5.41, 5.74) is 0. The highest BCUT2D eigenvalue weighted by Gasteiger charge is 1.73. The maximum atomic E-state index is 9.78. The molecule has 0 bridgehead atoms. The molecular formula is CH6BO2P. The smallest absolute Gasteiger partial charge is 0.212 e. The van der Waals surface area contributed by atoms with E-state index in [0.717, 1.165) is 0 Å². The highest BCUT2D eigenvalue weighted by molar-refractivity contribution is 7.67. The lowest BCUT2D eigenvalue weighted by molar-refractivity contribution is 0.427. The monoisotopic (exact) mass is 92.0 g/mol. The maximum absolute atomic E-state index is 9.78. The lowest BCUT2D eigenvalue weighted by atomic mass is 10.8. The summed E-state index contributed by atoms with van der Waals surface area (Å²) < 4.78 is 14.1. The summed E-state index contributed by atoms with van der Waals surface area (Å²) in [6, 6.07) is 0. The predicted octanol–water partition coefficient (Wildman–Crippen LogP) is -0.344. The van der Waals surface area contributed by atoms with Gasteiger partial charge in [-0.25, -0.2) is 0 Å². The summed E-state index contributed by atoms with van der Waals surface area (Å²) in [5, 5.41) is 0. The summed E-state index contributed by atoms with van der Waals surface area (Å²) in [4.78, 5) is 0. The van der Waals surface area contributed by atoms with E-state index in [1.807, 2.05) is 0 Å². The number of hydrogen-bond donors (Lipinski definition) is 0. The van der Waals surface area contributed by atoms with Gasteiger partial charge in [-0.05, 0) is 0 Å². The zero-order valence-corrected chi connectivity index (χ0v) is 4.32. The van der Waals surface area contributed by atoms with Gasteiger partial charge >= 0.3 is 0 Å². The fourth-order valence-corrected chi connectivity index (χ4v) is 0. The van der Waals surface area contributed by atoms with E-state index in [1.54, 1.807) is 7.57 Å². The summed E-state index contributed by atoms with van der Waals surface area (Å²) in [5.74, 6) is 0. The SMILES string of the molecule is B[PH](=O)OC. The van der Waals surface area contributed by atoms with Gasteiger partial charge in [0.1, 0.15) is 7.91 Å². The third-order valence-corrected chi connectivity index (χ3v) is 0.862. The van der Waals surface area contributed by atoms with Crippen molar-refractivity contribution in [3.63, 3.8) is 0 Å². The van der Waals surface area contributed by atoms with Gasteiger partial charge in [-0.15, -0.1) is 0 Å². The van der Waals surface area contributed by atoms with Crippen molar-refractivity contribution < 1.29 is 9.09 Å². The zero-order valence-electron chi connectivity index (χ0n) is 3.32. The first-order chi connectivity index (χ1) is 2.27. The number of rotatable bonds is 1. The van der Waals surface area contributed by atoms with Crippen LogP contribution in [0.1, 0.15) is 0 Å². The summed E-state index contributed by atoms with van der Waals surface area (Å²) in [7, 11) is 1.35. The molecule has 0 N–H and O–H groups in total.